The van der Waals surface area contributed by atoms with Gasteiger partial charge in [-0.15, -0.1) is 0 Å². The number of nitro groups is 1. The number of aryl methyl sites for hydroxylation is 1. The van der Waals surface area contributed by atoms with Gasteiger partial charge in [0.15, 0.2) is 0 Å². The number of hydrogen-bond acceptors (Lipinski definition) is 5. The number of nitrogens with zero attached hydrogens (tertiary/aromatic N) is 3. The monoisotopic (exact) mass is 266 g/mol. The van der Waals surface area contributed by atoms with E-state index in [4.69, 9.17) is 0 Å². The SMILES string of the molecule is O=[N+]([O-])c1ccc(CNCCCn2cccn2)s1. The lowest BCUT2D eigenvalue weighted by Crippen LogP contribution is -2.15. The summed E-state index contributed by atoms with van der Waals surface area (Å²) in [5.41, 5.74) is 0. The van der Waals surface area contributed by atoms with Crippen molar-refractivity contribution in [3.05, 3.63) is 45.6 Å². The zero-order valence-corrected chi connectivity index (χ0v) is 10.6. The van der Waals surface area contributed by atoms with Crippen LogP contribution in [0.3, 0.4) is 0 Å². The smallest absolute Gasteiger partial charge is 0.312 e. The number of aromatic nitrogens is 2. The molecule has 18 heavy (non-hydrogen) atoms. The maximum Gasteiger partial charge on any atom is 0.324 e. The summed E-state index contributed by atoms with van der Waals surface area (Å²) in [5, 5.41) is 18.1. The molecule has 96 valence electrons. The molecule has 2 rings (SSSR count). The van der Waals surface area contributed by atoms with Gasteiger partial charge in [-0.25, -0.2) is 0 Å². The summed E-state index contributed by atoms with van der Waals surface area (Å²) in [4.78, 5) is 11.1. The van der Waals surface area contributed by atoms with Gasteiger partial charge in [-0.1, -0.05) is 11.3 Å². The molecule has 0 atom stereocenters. The van der Waals surface area contributed by atoms with Crippen LogP contribution in [0.15, 0.2) is 30.6 Å². The van der Waals surface area contributed by atoms with Crippen molar-refractivity contribution in [3.8, 4) is 0 Å². The van der Waals surface area contributed by atoms with E-state index in [0.717, 1.165) is 24.4 Å². The molecule has 6 nitrogen and oxygen atoms in total. The highest BCUT2D eigenvalue weighted by Crippen LogP contribution is 2.23. The first-order valence-electron chi connectivity index (χ1n) is 5.67. The molecule has 0 bridgehead atoms. The van der Waals surface area contributed by atoms with Crippen molar-refractivity contribution >= 4 is 16.3 Å². The van der Waals surface area contributed by atoms with Crippen LogP contribution in [0, 0.1) is 10.1 Å². The second kappa shape index (κ2) is 6.27. The molecular formula is C11H14N4O2S. The topological polar surface area (TPSA) is 73.0 Å². The van der Waals surface area contributed by atoms with Gasteiger partial charge < -0.3 is 5.32 Å². The van der Waals surface area contributed by atoms with E-state index < -0.39 is 0 Å². The molecule has 0 unspecified atom stereocenters. The van der Waals surface area contributed by atoms with Crippen LogP contribution in [0.25, 0.3) is 0 Å². The van der Waals surface area contributed by atoms with Gasteiger partial charge in [0.25, 0.3) is 0 Å². The van der Waals surface area contributed by atoms with Gasteiger partial charge in [-0.3, -0.25) is 14.8 Å². The first-order valence-corrected chi connectivity index (χ1v) is 6.48. The number of nitrogens with one attached hydrogen (secondary N) is 1. The van der Waals surface area contributed by atoms with E-state index in [-0.39, 0.29) is 9.92 Å². The van der Waals surface area contributed by atoms with E-state index in [2.05, 4.69) is 10.4 Å². The van der Waals surface area contributed by atoms with Gasteiger partial charge in [-0.2, -0.15) is 5.10 Å². The first-order chi connectivity index (χ1) is 8.75. The predicted molar refractivity (Wildman–Crippen MR) is 69.5 cm³/mol. The second-order valence-corrected chi connectivity index (χ2v) is 4.94. The molecule has 2 aromatic heterocycles. The first kappa shape index (κ1) is 12.7. The molecule has 0 amide bonds. The fraction of sp³-hybridized carbons (Fsp3) is 0.364. The standard InChI is InChI=1S/C11H14N4O2S/c16-15(17)11-4-3-10(18-11)9-12-5-1-7-14-8-2-6-13-14/h2-4,6,8,12H,1,5,7,9H2. The van der Waals surface area contributed by atoms with E-state index in [9.17, 15) is 10.1 Å². The molecule has 0 aliphatic carbocycles. The van der Waals surface area contributed by atoms with Crippen molar-refractivity contribution in [2.75, 3.05) is 6.54 Å². The summed E-state index contributed by atoms with van der Waals surface area (Å²) in [5.74, 6) is 0. The second-order valence-electron chi connectivity index (χ2n) is 3.80. The summed E-state index contributed by atoms with van der Waals surface area (Å²) >= 11 is 1.22. The zero-order valence-electron chi connectivity index (χ0n) is 9.78. The third kappa shape index (κ3) is 3.64. The maximum atomic E-state index is 10.5. The van der Waals surface area contributed by atoms with E-state index in [1.807, 2.05) is 16.9 Å². The number of rotatable bonds is 7. The lowest BCUT2D eigenvalue weighted by Gasteiger charge is -2.03. The van der Waals surface area contributed by atoms with Crippen LogP contribution in [0.4, 0.5) is 5.00 Å². The van der Waals surface area contributed by atoms with Gasteiger partial charge in [-0.05, 0) is 25.1 Å². The molecule has 0 aromatic carbocycles. The van der Waals surface area contributed by atoms with Crippen LogP contribution in [-0.4, -0.2) is 21.2 Å². The van der Waals surface area contributed by atoms with Crippen molar-refractivity contribution in [1.82, 2.24) is 15.1 Å². The average Bonchev–Trinajstić information content (AvgIpc) is 2.98. The van der Waals surface area contributed by atoms with Crippen LogP contribution in [0.1, 0.15) is 11.3 Å². The predicted octanol–water partition coefficient (Wildman–Crippen LogP) is 2.03. The molecule has 0 radical (unpaired) electrons. The minimum Gasteiger partial charge on any atom is -0.312 e. The molecule has 0 aliphatic heterocycles. The molecule has 0 saturated carbocycles. The molecule has 0 saturated heterocycles. The van der Waals surface area contributed by atoms with Crippen LogP contribution in [0.2, 0.25) is 0 Å². The summed E-state index contributed by atoms with van der Waals surface area (Å²) < 4.78 is 1.89. The highest BCUT2D eigenvalue weighted by molar-refractivity contribution is 7.15. The van der Waals surface area contributed by atoms with E-state index >= 15 is 0 Å². The van der Waals surface area contributed by atoms with Gasteiger partial charge in [0.05, 0.1) is 4.92 Å². The fourth-order valence-corrected chi connectivity index (χ4v) is 2.36. The van der Waals surface area contributed by atoms with Crippen molar-refractivity contribution in [1.29, 1.82) is 0 Å². The van der Waals surface area contributed by atoms with Gasteiger partial charge in [0.2, 0.25) is 0 Å². The summed E-state index contributed by atoms with van der Waals surface area (Å²) in [6.45, 7) is 2.42. The summed E-state index contributed by atoms with van der Waals surface area (Å²) in [7, 11) is 0. The van der Waals surface area contributed by atoms with E-state index in [1.165, 1.54) is 11.3 Å². The molecule has 0 fully saturated rings. The minimum atomic E-state index is -0.355. The zero-order chi connectivity index (χ0) is 12.8. The molecule has 2 heterocycles. The van der Waals surface area contributed by atoms with Crippen molar-refractivity contribution in [2.24, 2.45) is 0 Å². The quantitative estimate of drug-likeness (QED) is 0.473. The number of thiophene rings is 1. The van der Waals surface area contributed by atoms with Crippen LogP contribution >= 0.6 is 11.3 Å². The average molecular weight is 266 g/mol. The summed E-state index contributed by atoms with van der Waals surface area (Å²) in [6.07, 6.45) is 4.68. The number of hydrogen-bond donors (Lipinski definition) is 1. The normalized spacial score (nSPS) is 10.7. The Morgan fingerprint density at radius 2 is 2.39 bits per heavy atom. The molecule has 1 N–H and O–H groups in total. The van der Waals surface area contributed by atoms with Crippen molar-refractivity contribution in [2.45, 2.75) is 19.5 Å². The largest absolute Gasteiger partial charge is 0.324 e. The Bertz CT molecular complexity index is 495. The molecular weight excluding hydrogens is 252 g/mol. The molecule has 0 aliphatic rings. The lowest BCUT2D eigenvalue weighted by molar-refractivity contribution is -0.380. The third-order valence-electron chi connectivity index (χ3n) is 2.43. The van der Waals surface area contributed by atoms with E-state index in [0.29, 0.717) is 6.54 Å². The fourth-order valence-electron chi connectivity index (χ4n) is 1.57. The van der Waals surface area contributed by atoms with Crippen LogP contribution in [-0.2, 0) is 13.1 Å². The molecule has 0 spiro atoms. The Morgan fingerprint density at radius 3 is 3.06 bits per heavy atom. The molecule has 2 aromatic rings. The Hall–Kier alpha value is -1.73. The Kier molecular flexibility index (Phi) is 4.43. The minimum absolute atomic E-state index is 0.198. The van der Waals surface area contributed by atoms with Gasteiger partial charge >= 0.3 is 5.00 Å². The van der Waals surface area contributed by atoms with Crippen molar-refractivity contribution in [3.63, 3.8) is 0 Å². The highest BCUT2D eigenvalue weighted by Gasteiger charge is 2.08. The Balaban J connectivity index is 1.64. The Labute approximate surface area is 108 Å². The van der Waals surface area contributed by atoms with Crippen molar-refractivity contribution < 1.29 is 4.92 Å². The summed E-state index contributed by atoms with van der Waals surface area (Å²) in [6, 6.07) is 5.24. The van der Waals surface area contributed by atoms with Gasteiger partial charge in [0, 0.05) is 36.4 Å². The van der Waals surface area contributed by atoms with Crippen LogP contribution < -0.4 is 5.32 Å². The molecule has 7 heteroatoms. The maximum absolute atomic E-state index is 10.5. The lowest BCUT2D eigenvalue weighted by atomic mass is 10.4. The highest BCUT2D eigenvalue weighted by atomic mass is 32.1. The van der Waals surface area contributed by atoms with Gasteiger partial charge in [0.1, 0.15) is 0 Å². The van der Waals surface area contributed by atoms with E-state index in [1.54, 1.807) is 18.3 Å². The Morgan fingerprint density at radius 1 is 1.50 bits per heavy atom. The third-order valence-corrected chi connectivity index (χ3v) is 3.46. The van der Waals surface area contributed by atoms with Crippen LogP contribution in [0.5, 0.6) is 0 Å².